The van der Waals surface area contributed by atoms with Gasteiger partial charge < -0.3 is 61.9 Å². The fraction of sp³-hybridized carbons (Fsp3) is 0.906. The van der Waals surface area contributed by atoms with Gasteiger partial charge in [0.25, 0.3) is 0 Å². The Balaban J connectivity index is 3.14. The topological polar surface area (TPSA) is 182 Å². The molecule has 0 fully saturated rings. The van der Waals surface area contributed by atoms with Crippen molar-refractivity contribution in [2.24, 2.45) is 0 Å². The Kier molecular flexibility index (Phi) is 33.4. The van der Waals surface area contributed by atoms with Crippen molar-refractivity contribution in [1.82, 2.24) is 0 Å². The van der Waals surface area contributed by atoms with Crippen LogP contribution in [0.3, 0.4) is 0 Å². The molecule has 0 spiro atoms. The van der Waals surface area contributed by atoms with E-state index in [1.807, 2.05) is 0 Å². The van der Waals surface area contributed by atoms with Gasteiger partial charge >= 0.3 is 17.9 Å². The quantitative estimate of drug-likeness (QED) is 0.0729. The van der Waals surface area contributed by atoms with Crippen molar-refractivity contribution in [2.45, 2.75) is 52.1 Å². The maximum absolute atomic E-state index is 11.5. The molecule has 0 atom stereocenters. The van der Waals surface area contributed by atoms with Crippen LogP contribution in [-0.2, 0) is 71.2 Å². The van der Waals surface area contributed by atoms with Crippen LogP contribution in [0.1, 0.15) is 46.5 Å². The van der Waals surface area contributed by atoms with Gasteiger partial charge in [0, 0.05) is 12.8 Å². The van der Waals surface area contributed by atoms with Crippen LogP contribution in [-0.4, -0.2) is 167 Å². The number of unbranched alkanes of at least 4 members (excludes halogenated alkanes) is 1. The molecule has 0 saturated carbocycles. The highest BCUT2D eigenvalue weighted by atomic mass is 16.6. The Morgan fingerprint density at radius 2 is 0.708 bits per heavy atom. The average molecular weight is 701 g/mol. The fourth-order valence-corrected chi connectivity index (χ4v) is 3.34. The lowest BCUT2D eigenvalue weighted by molar-refractivity contribution is -0.160. The predicted octanol–water partition coefficient (Wildman–Crippen LogP) is 1.68. The zero-order valence-corrected chi connectivity index (χ0v) is 29.2. The van der Waals surface area contributed by atoms with Gasteiger partial charge in [-0.1, -0.05) is 0 Å². The highest BCUT2D eigenvalue weighted by molar-refractivity contribution is 5.71. The zero-order valence-electron chi connectivity index (χ0n) is 29.2. The number of aliphatic carboxylic acids is 1. The molecule has 0 aliphatic heterocycles. The van der Waals surface area contributed by atoms with Gasteiger partial charge in [-0.25, -0.2) is 4.79 Å². The van der Waals surface area contributed by atoms with Crippen molar-refractivity contribution < 1.29 is 76.3 Å². The molecule has 1 N–H and O–H groups in total. The Morgan fingerprint density at radius 3 is 1.02 bits per heavy atom. The van der Waals surface area contributed by atoms with E-state index in [1.165, 1.54) is 0 Å². The second kappa shape index (κ2) is 34.9. The van der Waals surface area contributed by atoms with Crippen molar-refractivity contribution in [3.63, 3.8) is 0 Å². The van der Waals surface area contributed by atoms with Crippen LogP contribution in [0.5, 0.6) is 0 Å². The first kappa shape index (κ1) is 46.0. The van der Waals surface area contributed by atoms with Gasteiger partial charge in [0.1, 0.15) is 18.8 Å². The molecule has 16 heteroatoms. The molecule has 0 saturated heterocycles. The van der Waals surface area contributed by atoms with Gasteiger partial charge in [0.2, 0.25) is 0 Å². The number of rotatable bonds is 37. The molecule has 0 radical (unpaired) electrons. The third kappa shape index (κ3) is 40.2. The summed E-state index contributed by atoms with van der Waals surface area (Å²) in [6.45, 7) is 13.6. The van der Waals surface area contributed by atoms with Gasteiger partial charge in [0.15, 0.2) is 0 Å². The summed E-state index contributed by atoms with van der Waals surface area (Å²) in [7, 11) is 0. The molecule has 0 aromatic carbocycles. The maximum Gasteiger partial charge on any atom is 0.332 e. The lowest BCUT2D eigenvalue weighted by Gasteiger charge is -2.19. The van der Waals surface area contributed by atoms with Crippen LogP contribution >= 0.6 is 0 Å². The zero-order chi connectivity index (χ0) is 35.4. The molecule has 0 bridgehead atoms. The monoisotopic (exact) mass is 700 g/mol. The third-order valence-corrected chi connectivity index (χ3v) is 5.50. The molecule has 0 amide bonds. The maximum atomic E-state index is 11.5. The van der Waals surface area contributed by atoms with E-state index in [4.69, 9.17) is 61.9 Å². The Bertz CT molecular complexity index is 746. The molecule has 48 heavy (non-hydrogen) atoms. The molecule has 0 unspecified atom stereocenters. The molecule has 0 heterocycles. The first-order valence-electron chi connectivity index (χ1n) is 16.6. The second-order valence-electron chi connectivity index (χ2n) is 11.0. The molecule has 284 valence electrons. The summed E-state index contributed by atoms with van der Waals surface area (Å²) in [6.07, 6.45) is 1.22. The summed E-state index contributed by atoms with van der Waals surface area (Å²) < 4.78 is 64.1. The minimum atomic E-state index is -0.866. The number of carbonyl (C=O) groups excluding carboxylic acids is 2. The summed E-state index contributed by atoms with van der Waals surface area (Å²) >= 11 is 0. The van der Waals surface area contributed by atoms with E-state index in [1.54, 1.807) is 20.8 Å². The number of ether oxygens (including phenoxy) is 12. The van der Waals surface area contributed by atoms with E-state index in [-0.39, 0.29) is 38.6 Å². The van der Waals surface area contributed by atoms with Crippen LogP contribution < -0.4 is 0 Å². The standard InChI is InChI=1S/C32H60O16/c1-32(2,3)48-31(36)28-46-25-24-44-21-20-42-17-16-40-13-12-38-9-8-37-10-11-39-14-15-41-18-19-43-22-23-45-26-27-47-30(35)7-5-4-6-29(33)34/h4-28H2,1-3H3,(H,33,34). The second-order valence-corrected chi connectivity index (χ2v) is 11.0. The Labute approximate surface area is 285 Å². The number of hydrogen-bond donors (Lipinski definition) is 1. The van der Waals surface area contributed by atoms with Gasteiger partial charge in [-0.2, -0.15) is 0 Å². The lowest BCUT2D eigenvalue weighted by atomic mass is 10.2. The molecular formula is C32H60O16. The number of carboxylic acid groups (broad SMARTS) is 1. The normalized spacial score (nSPS) is 11.6. The van der Waals surface area contributed by atoms with Crippen molar-refractivity contribution in [3.05, 3.63) is 0 Å². The van der Waals surface area contributed by atoms with Gasteiger partial charge in [0.05, 0.1) is 126 Å². The van der Waals surface area contributed by atoms with Crippen LogP contribution in [0.4, 0.5) is 0 Å². The van der Waals surface area contributed by atoms with Crippen LogP contribution in [0.25, 0.3) is 0 Å². The van der Waals surface area contributed by atoms with Crippen LogP contribution in [0, 0.1) is 0 Å². The van der Waals surface area contributed by atoms with Gasteiger partial charge in [-0.15, -0.1) is 0 Å². The molecule has 0 aromatic heterocycles. The van der Waals surface area contributed by atoms with Crippen molar-refractivity contribution in [2.75, 3.05) is 139 Å². The van der Waals surface area contributed by atoms with E-state index in [0.29, 0.717) is 132 Å². The Morgan fingerprint density at radius 1 is 0.417 bits per heavy atom. The Hall–Kier alpha value is -1.99. The molecule has 0 aliphatic carbocycles. The predicted molar refractivity (Wildman–Crippen MR) is 171 cm³/mol. The largest absolute Gasteiger partial charge is 0.481 e. The summed E-state index contributed by atoms with van der Waals surface area (Å²) in [5, 5.41) is 8.55. The van der Waals surface area contributed by atoms with Gasteiger partial charge in [-0.3, -0.25) is 9.59 Å². The molecule has 0 rings (SSSR count). The van der Waals surface area contributed by atoms with Crippen LogP contribution in [0.15, 0.2) is 0 Å². The highest BCUT2D eigenvalue weighted by Crippen LogP contribution is 2.06. The van der Waals surface area contributed by atoms with E-state index < -0.39 is 17.5 Å². The third-order valence-electron chi connectivity index (χ3n) is 5.50. The molecular weight excluding hydrogens is 640 g/mol. The number of hydrogen-bond acceptors (Lipinski definition) is 15. The fourth-order valence-electron chi connectivity index (χ4n) is 3.34. The average Bonchev–Trinajstić information content (AvgIpc) is 3.02. The first-order chi connectivity index (χ1) is 23.2. The molecule has 0 aromatic rings. The highest BCUT2D eigenvalue weighted by Gasteiger charge is 2.15. The minimum absolute atomic E-state index is 0.0564. The molecule has 16 nitrogen and oxygen atoms in total. The summed E-state index contributed by atoms with van der Waals surface area (Å²) in [4.78, 5) is 33.4. The lowest BCUT2D eigenvalue weighted by Crippen LogP contribution is -2.27. The van der Waals surface area contributed by atoms with Crippen molar-refractivity contribution >= 4 is 17.9 Å². The SMILES string of the molecule is CC(C)(C)OC(=O)COCCOCCOCCOCCOCCOCCOCCOCCOCCOCCOC(=O)CCCCC(=O)O. The summed E-state index contributed by atoms with van der Waals surface area (Å²) in [5.74, 6) is -1.61. The number of esters is 2. The van der Waals surface area contributed by atoms with E-state index in [0.717, 1.165) is 0 Å². The van der Waals surface area contributed by atoms with Crippen LogP contribution in [0.2, 0.25) is 0 Å². The van der Waals surface area contributed by atoms with Crippen molar-refractivity contribution in [3.8, 4) is 0 Å². The summed E-state index contributed by atoms with van der Waals surface area (Å²) in [6, 6.07) is 0. The van der Waals surface area contributed by atoms with Crippen molar-refractivity contribution in [1.29, 1.82) is 0 Å². The smallest absolute Gasteiger partial charge is 0.332 e. The minimum Gasteiger partial charge on any atom is -0.481 e. The summed E-state index contributed by atoms with van der Waals surface area (Å²) in [5.41, 5.74) is -0.519. The first-order valence-corrected chi connectivity index (χ1v) is 16.6. The van der Waals surface area contributed by atoms with E-state index in [9.17, 15) is 14.4 Å². The van der Waals surface area contributed by atoms with Gasteiger partial charge in [-0.05, 0) is 33.6 Å². The van der Waals surface area contributed by atoms with E-state index in [2.05, 4.69) is 0 Å². The number of carbonyl (C=O) groups is 3. The molecule has 0 aliphatic rings. The number of carboxylic acids is 1. The van der Waals surface area contributed by atoms with E-state index >= 15 is 0 Å².